The van der Waals surface area contributed by atoms with E-state index in [4.69, 9.17) is 0 Å². The molecule has 3 aliphatic carbocycles. The number of rotatable bonds is 7. The third-order valence-corrected chi connectivity index (χ3v) is 12.9. The number of benzene rings is 4. The largest absolute Gasteiger partial charge is 0.282 e. The fourth-order valence-electron chi connectivity index (χ4n) is 8.61. The van der Waals surface area contributed by atoms with Crippen LogP contribution in [0.5, 0.6) is 0 Å². The van der Waals surface area contributed by atoms with E-state index in [9.17, 15) is 9.59 Å². The van der Waals surface area contributed by atoms with Crippen LogP contribution < -0.4 is 0 Å². The number of hydrogen-bond acceptors (Lipinski definition) is 2. The maximum Gasteiger partial charge on any atom is 0.234 e. The zero-order valence-corrected chi connectivity index (χ0v) is 30.0. The van der Waals surface area contributed by atoms with Crippen LogP contribution in [0.1, 0.15) is 79.5 Å². The standard InChI is InChI=1S/C36H29Br4NO2/c1-2-3-4-5-6-7-16-41-35(42)33-29-19-10-14-23(39)31-21(37)12-8-17(25(19)31)27(29)28-18-9-13-22(38)32-24(40)15-11-20(26(18)32)30(28)34(33)36(41)43/h8-15,29-30,33-34H,2-7,16H2,1H3. The maximum absolute atomic E-state index is 14.5. The van der Waals surface area contributed by atoms with Gasteiger partial charge in [-0.3, -0.25) is 14.5 Å². The third kappa shape index (κ3) is 3.93. The molecule has 43 heavy (non-hydrogen) atoms. The number of likely N-dealkylation sites (tertiary alicyclic amines) is 1. The molecule has 0 N–H and O–H groups in total. The average molecular weight is 827 g/mol. The van der Waals surface area contributed by atoms with Crippen molar-refractivity contribution >= 4 is 108 Å². The summed E-state index contributed by atoms with van der Waals surface area (Å²) < 4.78 is 4.11. The zero-order valence-electron chi connectivity index (χ0n) is 23.7. The molecule has 0 radical (unpaired) electrons. The molecule has 0 bridgehead atoms. The Hall–Kier alpha value is -1.80. The minimum absolute atomic E-state index is 0.0125. The van der Waals surface area contributed by atoms with Crippen LogP contribution in [0.15, 0.2) is 66.4 Å². The number of carbonyl (C=O) groups excluding carboxylic acids is 2. The Morgan fingerprint density at radius 2 is 0.977 bits per heavy atom. The van der Waals surface area contributed by atoms with E-state index in [-0.39, 0.29) is 23.7 Å². The summed E-state index contributed by atoms with van der Waals surface area (Å²) in [4.78, 5) is 30.7. The second-order valence-corrected chi connectivity index (χ2v) is 15.8. The van der Waals surface area contributed by atoms with Gasteiger partial charge >= 0.3 is 0 Å². The summed E-state index contributed by atoms with van der Waals surface area (Å²) in [6, 6.07) is 17.3. The van der Waals surface area contributed by atoms with Gasteiger partial charge in [-0.25, -0.2) is 0 Å². The van der Waals surface area contributed by atoms with Crippen molar-refractivity contribution in [3.05, 3.63) is 88.7 Å². The quantitative estimate of drug-likeness (QED) is 0.137. The number of carbonyl (C=O) groups is 2. The van der Waals surface area contributed by atoms with Gasteiger partial charge in [0.25, 0.3) is 0 Å². The molecule has 4 aromatic rings. The normalized spacial score (nSPS) is 23.1. The highest BCUT2D eigenvalue weighted by Gasteiger charge is 2.61. The van der Waals surface area contributed by atoms with Crippen molar-refractivity contribution < 1.29 is 9.59 Å². The van der Waals surface area contributed by atoms with Crippen molar-refractivity contribution in [1.29, 1.82) is 0 Å². The van der Waals surface area contributed by atoms with Gasteiger partial charge in [0, 0.05) is 47.0 Å². The van der Waals surface area contributed by atoms with Gasteiger partial charge in [0.05, 0.1) is 11.8 Å². The molecule has 0 spiro atoms. The topological polar surface area (TPSA) is 37.4 Å². The second-order valence-electron chi connectivity index (χ2n) is 12.4. The summed E-state index contributed by atoms with van der Waals surface area (Å²) in [6.07, 6.45) is 6.73. The minimum atomic E-state index is -0.414. The number of imide groups is 1. The van der Waals surface area contributed by atoms with Crippen molar-refractivity contribution in [2.75, 3.05) is 6.54 Å². The van der Waals surface area contributed by atoms with E-state index in [1.807, 2.05) is 0 Å². The maximum atomic E-state index is 14.5. The minimum Gasteiger partial charge on any atom is -0.282 e. The number of amides is 2. The number of halogens is 4. The zero-order chi connectivity index (χ0) is 29.7. The molecule has 218 valence electrons. The predicted molar refractivity (Wildman–Crippen MR) is 188 cm³/mol. The molecule has 0 saturated carbocycles. The summed E-state index contributed by atoms with van der Waals surface area (Å²) >= 11 is 15.3. The van der Waals surface area contributed by atoms with Crippen molar-refractivity contribution in [1.82, 2.24) is 4.90 Å². The summed E-state index contributed by atoms with van der Waals surface area (Å²) in [5.74, 6) is -1.11. The molecule has 4 aromatic carbocycles. The highest BCUT2D eigenvalue weighted by atomic mass is 79.9. The smallest absolute Gasteiger partial charge is 0.234 e. The van der Waals surface area contributed by atoms with Gasteiger partial charge in [0.15, 0.2) is 0 Å². The fourth-order valence-corrected chi connectivity index (χ4v) is 11.3. The van der Waals surface area contributed by atoms with Crippen LogP contribution in [-0.4, -0.2) is 23.3 Å². The average Bonchev–Trinajstić information content (AvgIpc) is 3.58. The molecule has 1 saturated heterocycles. The summed E-state index contributed by atoms with van der Waals surface area (Å²) in [5, 5.41) is 4.64. The lowest BCUT2D eigenvalue weighted by atomic mass is 9.63. The van der Waals surface area contributed by atoms with Crippen molar-refractivity contribution in [2.24, 2.45) is 11.8 Å². The van der Waals surface area contributed by atoms with Gasteiger partial charge < -0.3 is 0 Å². The van der Waals surface area contributed by atoms with Gasteiger partial charge in [-0.2, -0.15) is 0 Å². The van der Waals surface area contributed by atoms with E-state index >= 15 is 0 Å². The number of hydrogen-bond donors (Lipinski definition) is 0. The summed E-state index contributed by atoms with van der Waals surface area (Å²) in [6.45, 7) is 2.74. The van der Waals surface area contributed by atoms with E-state index in [1.54, 1.807) is 4.90 Å². The van der Waals surface area contributed by atoms with Crippen molar-refractivity contribution in [3.8, 4) is 0 Å². The van der Waals surface area contributed by atoms with E-state index in [0.717, 1.165) is 47.9 Å². The first-order valence-corrected chi connectivity index (χ1v) is 18.4. The lowest BCUT2D eigenvalue weighted by molar-refractivity contribution is -0.140. The highest BCUT2D eigenvalue weighted by molar-refractivity contribution is 9.11. The first-order chi connectivity index (χ1) is 20.8. The Kier molecular flexibility index (Phi) is 7.09. The molecule has 0 aromatic heterocycles. The summed E-state index contributed by atoms with van der Waals surface area (Å²) in [7, 11) is 0. The van der Waals surface area contributed by atoms with Crippen LogP contribution in [0.2, 0.25) is 0 Å². The predicted octanol–water partition coefficient (Wildman–Crippen LogP) is 11.1. The van der Waals surface area contributed by atoms with Crippen LogP contribution in [0.25, 0.3) is 32.7 Å². The Labute approximate surface area is 285 Å². The van der Waals surface area contributed by atoms with Gasteiger partial charge in [0.1, 0.15) is 0 Å². The molecule has 4 unspecified atom stereocenters. The van der Waals surface area contributed by atoms with E-state index in [0.29, 0.717) is 6.54 Å². The van der Waals surface area contributed by atoms with Crippen LogP contribution in [0.4, 0.5) is 0 Å². The van der Waals surface area contributed by atoms with Crippen molar-refractivity contribution in [3.63, 3.8) is 0 Å². The third-order valence-electron chi connectivity index (χ3n) is 10.3. The van der Waals surface area contributed by atoms with Crippen molar-refractivity contribution in [2.45, 2.75) is 57.3 Å². The molecule has 3 nitrogen and oxygen atoms in total. The monoisotopic (exact) mass is 823 g/mol. The first-order valence-electron chi connectivity index (χ1n) is 15.3. The van der Waals surface area contributed by atoms with Crippen LogP contribution >= 0.6 is 63.7 Å². The van der Waals surface area contributed by atoms with Crippen LogP contribution in [0, 0.1) is 11.8 Å². The molecular weight excluding hydrogens is 798 g/mol. The van der Waals surface area contributed by atoms with E-state index < -0.39 is 11.8 Å². The molecule has 8 rings (SSSR count). The molecular formula is C36H29Br4NO2. The number of unbranched alkanes of at least 4 members (excludes halogenated alkanes) is 5. The van der Waals surface area contributed by atoms with Gasteiger partial charge in [-0.15, -0.1) is 0 Å². The lowest BCUT2D eigenvalue weighted by Gasteiger charge is -2.36. The Bertz CT molecular complexity index is 1800. The lowest BCUT2D eigenvalue weighted by Crippen LogP contribution is -2.33. The molecule has 4 atom stereocenters. The second kappa shape index (κ2) is 10.6. The highest BCUT2D eigenvalue weighted by Crippen LogP contribution is 2.68. The number of fused-ring (bicyclic) bond motifs is 9. The molecule has 4 aliphatic rings. The van der Waals surface area contributed by atoms with Crippen LogP contribution in [0.3, 0.4) is 0 Å². The molecule has 7 heteroatoms. The fraction of sp³-hybridized carbons (Fsp3) is 0.333. The Morgan fingerprint density at radius 1 is 0.558 bits per heavy atom. The Morgan fingerprint density at radius 3 is 1.44 bits per heavy atom. The first kappa shape index (κ1) is 28.7. The van der Waals surface area contributed by atoms with E-state index in [1.165, 1.54) is 63.4 Å². The SMILES string of the molecule is CCCCCCCCN1C(=O)C2C3C(=C4c5ccc(Br)c6c(Br)ccc(c56)C4C2C1=O)c1ccc(Br)c2c(Br)ccc3c12. The Balaban J connectivity index is 1.35. The molecule has 2 amide bonds. The van der Waals surface area contributed by atoms with Crippen LogP contribution in [-0.2, 0) is 9.59 Å². The number of allylic oxidation sites excluding steroid dienone is 2. The van der Waals surface area contributed by atoms with Gasteiger partial charge in [-0.1, -0.05) is 127 Å². The molecule has 1 fully saturated rings. The number of nitrogens with zero attached hydrogens (tertiary/aromatic N) is 1. The molecule has 1 heterocycles. The van der Waals surface area contributed by atoms with Gasteiger partial charge in [-0.05, 0) is 74.9 Å². The molecule has 1 aliphatic heterocycles. The summed E-state index contributed by atoms with van der Waals surface area (Å²) in [5.41, 5.74) is 7.17. The van der Waals surface area contributed by atoms with Gasteiger partial charge in [0.2, 0.25) is 11.8 Å². The van der Waals surface area contributed by atoms with E-state index in [2.05, 4.69) is 119 Å².